The number of nitrogens with one attached hydrogen (secondary N) is 3. The topological polar surface area (TPSA) is 108 Å². The Bertz CT molecular complexity index is 954. The number of anilines is 2. The highest BCUT2D eigenvalue weighted by Gasteiger charge is 2.18. The molecular weight excluding hydrogens is 380 g/mol. The number of carbonyl (C=O) groups is 2. The lowest BCUT2D eigenvalue weighted by Crippen LogP contribution is -2.34. The van der Waals surface area contributed by atoms with Gasteiger partial charge in [0.25, 0.3) is 5.91 Å². The maximum Gasteiger partial charge on any atom is 0.319 e. The molecule has 2 aromatic carbocycles. The number of rotatable bonds is 6. The molecule has 0 aliphatic heterocycles. The van der Waals surface area contributed by atoms with Crippen LogP contribution in [0.2, 0.25) is 0 Å². The third kappa shape index (κ3) is 5.30. The molecule has 0 saturated carbocycles. The van der Waals surface area contributed by atoms with E-state index in [0.717, 1.165) is 4.31 Å². The Morgan fingerprint density at radius 1 is 0.893 bits per heavy atom. The van der Waals surface area contributed by atoms with Gasteiger partial charge in [-0.25, -0.2) is 17.5 Å². The molecule has 2 rings (SSSR count). The maximum atomic E-state index is 12.5. The lowest BCUT2D eigenvalue weighted by atomic mass is 10.2. The van der Waals surface area contributed by atoms with Crippen LogP contribution in [0.4, 0.5) is 16.2 Å². The standard InChI is InChI=1S/C19H24N4O4S/c1-13(2)20-19(25)22-17-8-6-5-7-16(17)21-18(24)14-9-11-15(12-10-14)28(26,27)23(3)4/h5-13H,1-4H3,(H,21,24)(H2,20,22,25). The van der Waals surface area contributed by atoms with Crippen LogP contribution < -0.4 is 16.0 Å². The first-order valence-corrected chi connectivity index (χ1v) is 10.1. The van der Waals surface area contributed by atoms with Crippen molar-refractivity contribution in [1.29, 1.82) is 0 Å². The van der Waals surface area contributed by atoms with E-state index in [1.807, 2.05) is 13.8 Å². The Labute approximate surface area is 165 Å². The summed E-state index contributed by atoms with van der Waals surface area (Å²) in [6.45, 7) is 3.68. The van der Waals surface area contributed by atoms with Crippen molar-refractivity contribution in [2.24, 2.45) is 0 Å². The minimum atomic E-state index is -3.56. The Hall–Kier alpha value is -2.91. The first kappa shape index (κ1) is 21.4. The smallest absolute Gasteiger partial charge is 0.319 e. The number of nitrogens with zero attached hydrogens (tertiary/aromatic N) is 1. The first-order valence-electron chi connectivity index (χ1n) is 8.61. The number of para-hydroxylation sites is 2. The van der Waals surface area contributed by atoms with Gasteiger partial charge >= 0.3 is 6.03 Å². The quantitative estimate of drug-likeness (QED) is 0.688. The molecule has 0 radical (unpaired) electrons. The predicted octanol–water partition coefficient (Wildman–Crippen LogP) is 2.72. The fourth-order valence-electron chi connectivity index (χ4n) is 2.31. The summed E-state index contributed by atoms with van der Waals surface area (Å²) in [5.74, 6) is -0.424. The van der Waals surface area contributed by atoms with Crippen molar-refractivity contribution < 1.29 is 18.0 Å². The van der Waals surface area contributed by atoms with Gasteiger partial charge in [-0.05, 0) is 50.2 Å². The second-order valence-corrected chi connectivity index (χ2v) is 8.72. The minimum Gasteiger partial charge on any atom is -0.336 e. The van der Waals surface area contributed by atoms with Crippen molar-refractivity contribution in [2.45, 2.75) is 24.8 Å². The molecule has 0 bridgehead atoms. The Balaban J connectivity index is 2.16. The van der Waals surface area contributed by atoms with E-state index < -0.39 is 15.9 Å². The number of carbonyl (C=O) groups excluding carboxylic acids is 2. The lowest BCUT2D eigenvalue weighted by molar-refractivity contribution is 0.102. The van der Waals surface area contributed by atoms with Crippen molar-refractivity contribution in [2.75, 3.05) is 24.7 Å². The van der Waals surface area contributed by atoms with Crippen LogP contribution in [0.3, 0.4) is 0 Å². The SMILES string of the molecule is CC(C)NC(=O)Nc1ccccc1NC(=O)c1ccc(S(=O)(=O)N(C)C)cc1. The average Bonchev–Trinajstić information content (AvgIpc) is 2.62. The van der Waals surface area contributed by atoms with E-state index in [0.29, 0.717) is 16.9 Å². The molecule has 0 aliphatic carbocycles. The number of urea groups is 1. The van der Waals surface area contributed by atoms with Crippen LogP contribution in [0.1, 0.15) is 24.2 Å². The Morgan fingerprint density at radius 2 is 1.43 bits per heavy atom. The normalized spacial score (nSPS) is 11.4. The Kier molecular flexibility index (Phi) is 6.76. The van der Waals surface area contributed by atoms with Crippen LogP contribution in [0.5, 0.6) is 0 Å². The van der Waals surface area contributed by atoms with Crippen LogP contribution in [0, 0.1) is 0 Å². The van der Waals surface area contributed by atoms with E-state index in [4.69, 9.17) is 0 Å². The van der Waals surface area contributed by atoms with Crippen molar-refractivity contribution in [3.63, 3.8) is 0 Å². The average molecular weight is 404 g/mol. The van der Waals surface area contributed by atoms with Gasteiger partial charge in [0, 0.05) is 25.7 Å². The van der Waals surface area contributed by atoms with E-state index in [2.05, 4.69) is 16.0 Å². The fourth-order valence-corrected chi connectivity index (χ4v) is 3.21. The van der Waals surface area contributed by atoms with Crippen LogP contribution >= 0.6 is 0 Å². The van der Waals surface area contributed by atoms with Gasteiger partial charge in [-0.1, -0.05) is 12.1 Å². The largest absolute Gasteiger partial charge is 0.336 e. The maximum absolute atomic E-state index is 12.5. The number of amides is 3. The molecular formula is C19H24N4O4S. The molecule has 150 valence electrons. The van der Waals surface area contributed by atoms with Crippen LogP contribution in [-0.2, 0) is 10.0 Å². The number of benzene rings is 2. The summed E-state index contributed by atoms with van der Waals surface area (Å²) in [5, 5.41) is 8.12. The van der Waals surface area contributed by atoms with Gasteiger partial charge in [0.2, 0.25) is 10.0 Å². The summed E-state index contributed by atoms with van der Waals surface area (Å²) in [6, 6.07) is 12.0. The molecule has 3 amide bonds. The van der Waals surface area contributed by atoms with E-state index in [1.165, 1.54) is 38.4 Å². The summed E-state index contributed by atoms with van der Waals surface area (Å²) >= 11 is 0. The molecule has 0 atom stereocenters. The van der Waals surface area contributed by atoms with Gasteiger partial charge in [0.15, 0.2) is 0 Å². The van der Waals surface area contributed by atoms with Crippen molar-refractivity contribution in [3.8, 4) is 0 Å². The molecule has 0 unspecified atom stereocenters. The van der Waals surface area contributed by atoms with Gasteiger partial charge in [-0.3, -0.25) is 4.79 Å². The monoisotopic (exact) mass is 404 g/mol. The summed E-state index contributed by atoms with van der Waals surface area (Å²) < 4.78 is 25.3. The van der Waals surface area contributed by atoms with E-state index in [9.17, 15) is 18.0 Å². The van der Waals surface area contributed by atoms with E-state index in [-0.39, 0.29) is 17.0 Å². The summed E-state index contributed by atoms with van der Waals surface area (Å²) in [7, 11) is -0.682. The van der Waals surface area contributed by atoms with Crippen molar-refractivity contribution >= 4 is 33.3 Å². The van der Waals surface area contributed by atoms with Gasteiger partial charge in [0.1, 0.15) is 0 Å². The third-order valence-electron chi connectivity index (χ3n) is 3.74. The van der Waals surface area contributed by atoms with E-state index in [1.54, 1.807) is 24.3 Å². The molecule has 3 N–H and O–H groups in total. The highest BCUT2D eigenvalue weighted by atomic mass is 32.2. The second-order valence-electron chi connectivity index (χ2n) is 6.56. The molecule has 0 aliphatic rings. The highest BCUT2D eigenvalue weighted by molar-refractivity contribution is 7.89. The Morgan fingerprint density at radius 3 is 1.93 bits per heavy atom. The van der Waals surface area contributed by atoms with Crippen LogP contribution in [-0.4, -0.2) is 44.8 Å². The molecule has 0 heterocycles. The number of hydrogen-bond acceptors (Lipinski definition) is 4. The summed E-state index contributed by atoms with van der Waals surface area (Å²) in [4.78, 5) is 24.5. The van der Waals surface area contributed by atoms with E-state index >= 15 is 0 Å². The van der Waals surface area contributed by atoms with Crippen LogP contribution in [0.15, 0.2) is 53.4 Å². The molecule has 2 aromatic rings. The summed E-state index contributed by atoms with van der Waals surface area (Å²) in [6.07, 6.45) is 0. The molecule has 9 heteroatoms. The molecule has 0 spiro atoms. The van der Waals surface area contributed by atoms with Crippen molar-refractivity contribution in [1.82, 2.24) is 9.62 Å². The zero-order valence-corrected chi connectivity index (χ0v) is 17.0. The highest BCUT2D eigenvalue weighted by Crippen LogP contribution is 2.22. The zero-order valence-electron chi connectivity index (χ0n) is 16.2. The fraction of sp³-hybridized carbons (Fsp3) is 0.263. The molecule has 0 aromatic heterocycles. The molecule has 8 nitrogen and oxygen atoms in total. The predicted molar refractivity (Wildman–Crippen MR) is 109 cm³/mol. The number of sulfonamides is 1. The van der Waals surface area contributed by atoms with Gasteiger partial charge < -0.3 is 16.0 Å². The number of hydrogen-bond donors (Lipinski definition) is 3. The summed E-state index contributed by atoms with van der Waals surface area (Å²) in [5.41, 5.74) is 1.16. The van der Waals surface area contributed by atoms with Gasteiger partial charge in [-0.2, -0.15) is 0 Å². The van der Waals surface area contributed by atoms with Gasteiger partial charge in [-0.15, -0.1) is 0 Å². The third-order valence-corrected chi connectivity index (χ3v) is 5.57. The molecule has 28 heavy (non-hydrogen) atoms. The van der Waals surface area contributed by atoms with Crippen LogP contribution in [0.25, 0.3) is 0 Å². The van der Waals surface area contributed by atoms with Crippen molar-refractivity contribution in [3.05, 3.63) is 54.1 Å². The van der Waals surface area contributed by atoms with Gasteiger partial charge in [0.05, 0.1) is 16.3 Å². The minimum absolute atomic E-state index is 0.0290. The molecule has 0 fully saturated rings. The lowest BCUT2D eigenvalue weighted by Gasteiger charge is -2.14. The zero-order chi connectivity index (χ0) is 20.9. The first-order chi connectivity index (χ1) is 13.1. The molecule has 0 saturated heterocycles. The second kappa shape index (κ2) is 8.85.